The molecule has 0 amide bonds. The van der Waals surface area contributed by atoms with E-state index in [1.807, 2.05) is 24.4 Å². The van der Waals surface area contributed by atoms with Crippen LogP contribution >= 0.6 is 22.9 Å². The molecule has 0 spiro atoms. The summed E-state index contributed by atoms with van der Waals surface area (Å²) >= 11 is 7.98. The maximum absolute atomic E-state index is 11.3. The second-order valence-electron chi connectivity index (χ2n) is 9.58. The second-order valence-corrected chi connectivity index (χ2v) is 11.0. The lowest BCUT2D eigenvalue weighted by Gasteiger charge is -2.39. The average Bonchev–Trinajstić information content (AvgIpc) is 3.28. The molecule has 0 bridgehead atoms. The van der Waals surface area contributed by atoms with Crippen molar-refractivity contribution in [1.82, 2.24) is 9.88 Å². The third-order valence-corrected chi connectivity index (χ3v) is 8.78. The summed E-state index contributed by atoms with van der Waals surface area (Å²) in [6, 6.07) is 10.1. The molecular weight excluding hydrogens is 480 g/mol. The van der Waals surface area contributed by atoms with Gasteiger partial charge in [-0.3, -0.25) is 9.78 Å². The smallest absolute Gasteiger partial charge is 0.303 e. The number of carboxylic acids is 1. The van der Waals surface area contributed by atoms with Gasteiger partial charge in [-0.15, -0.1) is 11.3 Å². The number of ether oxygens (including phenoxy) is 1. The van der Waals surface area contributed by atoms with E-state index in [1.54, 1.807) is 18.4 Å². The molecule has 1 fully saturated rings. The van der Waals surface area contributed by atoms with Crippen LogP contribution in [0.3, 0.4) is 0 Å². The van der Waals surface area contributed by atoms with E-state index >= 15 is 0 Å². The molecule has 2 atom stereocenters. The van der Waals surface area contributed by atoms with Crippen LogP contribution in [0.4, 0.5) is 0 Å². The van der Waals surface area contributed by atoms with E-state index in [-0.39, 0.29) is 6.42 Å². The molecule has 188 valence electrons. The number of nitrogens with zero attached hydrogens (tertiary/aromatic N) is 2. The Balaban J connectivity index is 1.32. The predicted molar refractivity (Wildman–Crippen MR) is 144 cm³/mol. The van der Waals surface area contributed by atoms with Gasteiger partial charge >= 0.3 is 5.97 Å². The Bertz CT molecular complexity index is 1120. The summed E-state index contributed by atoms with van der Waals surface area (Å²) < 4.78 is 5.42. The summed E-state index contributed by atoms with van der Waals surface area (Å²) in [7, 11) is 1.69. The maximum atomic E-state index is 11.3. The number of halogens is 1. The van der Waals surface area contributed by atoms with E-state index in [0.29, 0.717) is 11.8 Å². The van der Waals surface area contributed by atoms with Gasteiger partial charge in [0.05, 0.1) is 17.6 Å². The number of benzene rings is 1. The fourth-order valence-corrected chi connectivity index (χ4v) is 6.60. The quantitative estimate of drug-likeness (QED) is 0.291. The van der Waals surface area contributed by atoms with Crippen LogP contribution < -0.4 is 4.74 Å². The fraction of sp³-hybridized carbons (Fsp3) is 0.500. The number of aromatic nitrogens is 1. The first-order chi connectivity index (χ1) is 17.0. The van der Waals surface area contributed by atoms with Gasteiger partial charge in [0.1, 0.15) is 5.75 Å². The lowest BCUT2D eigenvalue weighted by molar-refractivity contribution is -0.137. The summed E-state index contributed by atoms with van der Waals surface area (Å²) in [5.74, 6) is 1.19. The molecule has 3 aromatic rings. The van der Waals surface area contributed by atoms with Crippen LogP contribution in [0.25, 0.3) is 10.9 Å². The zero-order chi connectivity index (χ0) is 24.6. The summed E-state index contributed by atoms with van der Waals surface area (Å²) in [5, 5.41) is 13.4. The number of carbonyl (C=O) groups is 1. The summed E-state index contributed by atoms with van der Waals surface area (Å²) in [5.41, 5.74) is 2.31. The summed E-state index contributed by atoms with van der Waals surface area (Å²) in [6.07, 6.45) is 9.40. The number of fused-ring (bicyclic) bond motifs is 1. The SMILES string of the molecule is COc1ccc2nccc(CCCC3CCN(CCCc4sccc4Cl)CC3CCC(=O)O)c2c1. The Morgan fingerprint density at radius 2 is 2.09 bits per heavy atom. The largest absolute Gasteiger partial charge is 0.497 e. The van der Waals surface area contributed by atoms with Crippen molar-refractivity contribution in [3.05, 3.63) is 57.4 Å². The molecule has 5 nitrogen and oxygen atoms in total. The Hall–Kier alpha value is -2.15. The summed E-state index contributed by atoms with van der Waals surface area (Å²) in [4.78, 5) is 19.6. The highest BCUT2D eigenvalue weighted by Gasteiger charge is 2.29. The number of rotatable bonds is 12. The molecule has 35 heavy (non-hydrogen) atoms. The minimum absolute atomic E-state index is 0.259. The maximum Gasteiger partial charge on any atom is 0.303 e. The third kappa shape index (κ3) is 7.18. The van der Waals surface area contributed by atoms with Gasteiger partial charge in [-0.05, 0) is 111 Å². The molecule has 4 rings (SSSR count). The van der Waals surface area contributed by atoms with Crippen LogP contribution in [0.15, 0.2) is 41.9 Å². The Labute approximate surface area is 217 Å². The van der Waals surface area contributed by atoms with E-state index in [2.05, 4.69) is 27.4 Å². The zero-order valence-corrected chi connectivity index (χ0v) is 22.0. The minimum atomic E-state index is -0.689. The van der Waals surface area contributed by atoms with Gasteiger partial charge in [-0.1, -0.05) is 11.6 Å². The van der Waals surface area contributed by atoms with Crippen LogP contribution in [-0.4, -0.2) is 47.7 Å². The highest BCUT2D eigenvalue weighted by molar-refractivity contribution is 7.10. The normalized spacial score (nSPS) is 18.7. The topological polar surface area (TPSA) is 62.7 Å². The molecule has 1 aliphatic heterocycles. The van der Waals surface area contributed by atoms with Crippen molar-refractivity contribution in [2.24, 2.45) is 11.8 Å². The summed E-state index contributed by atoms with van der Waals surface area (Å²) in [6.45, 7) is 3.16. The van der Waals surface area contributed by atoms with E-state index < -0.39 is 5.97 Å². The van der Waals surface area contributed by atoms with Crippen molar-refractivity contribution in [2.75, 3.05) is 26.7 Å². The van der Waals surface area contributed by atoms with Crippen LogP contribution in [0, 0.1) is 11.8 Å². The number of aryl methyl sites for hydroxylation is 2. The van der Waals surface area contributed by atoms with Gasteiger partial charge < -0.3 is 14.7 Å². The molecule has 0 saturated carbocycles. The van der Waals surface area contributed by atoms with Gasteiger partial charge in [0, 0.05) is 29.4 Å². The number of methoxy groups -OCH3 is 1. The molecule has 1 aliphatic rings. The molecular formula is C28H35ClN2O3S. The molecule has 2 unspecified atom stereocenters. The number of hydrogen-bond acceptors (Lipinski definition) is 5. The van der Waals surface area contributed by atoms with Gasteiger partial charge in [-0.25, -0.2) is 0 Å². The van der Waals surface area contributed by atoms with Crippen molar-refractivity contribution in [3.8, 4) is 5.75 Å². The zero-order valence-electron chi connectivity index (χ0n) is 20.4. The van der Waals surface area contributed by atoms with Crippen molar-refractivity contribution >= 4 is 39.8 Å². The van der Waals surface area contributed by atoms with Crippen molar-refractivity contribution < 1.29 is 14.6 Å². The molecule has 3 heterocycles. The number of pyridine rings is 1. The monoisotopic (exact) mass is 514 g/mol. The molecule has 7 heteroatoms. The highest BCUT2D eigenvalue weighted by atomic mass is 35.5. The molecule has 2 aromatic heterocycles. The minimum Gasteiger partial charge on any atom is -0.497 e. The number of aliphatic carboxylic acids is 1. The number of thiophene rings is 1. The number of likely N-dealkylation sites (tertiary alicyclic amines) is 1. The molecule has 0 radical (unpaired) electrons. The standard InChI is InChI=1S/C28H35ClN2O3S/c1-34-23-8-9-26-24(18-23)21(11-14-30-26)5-2-4-20-12-16-31(19-22(20)7-10-28(32)33)15-3-6-27-25(29)13-17-35-27/h8-9,11,13-14,17-18,20,22H,2-7,10,12,15-16,19H2,1H3,(H,32,33). The average molecular weight is 515 g/mol. The molecule has 1 N–H and O–H groups in total. The first kappa shape index (κ1) is 25.9. The molecule has 1 aromatic carbocycles. The lowest BCUT2D eigenvalue weighted by Crippen LogP contribution is -2.41. The van der Waals surface area contributed by atoms with Crippen LogP contribution in [-0.2, 0) is 17.6 Å². The first-order valence-corrected chi connectivity index (χ1v) is 13.9. The number of carboxylic acid groups (broad SMARTS) is 1. The van der Waals surface area contributed by atoms with Gasteiger partial charge in [0.15, 0.2) is 0 Å². The van der Waals surface area contributed by atoms with E-state index in [1.165, 1.54) is 10.4 Å². The number of piperidine rings is 1. The first-order valence-electron chi connectivity index (χ1n) is 12.6. The number of hydrogen-bond donors (Lipinski definition) is 1. The third-order valence-electron chi connectivity index (χ3n) is 7.33. The van der Waals surface area contributed by atoms with E-state index in [9.17, 15) is 9.90 Å². The molecule has 1 saturated heterocycles. The van der Waals surface area contributed by atoms with Crippen molar-refractivity contribution in [3.63, 3.8) is 0 Å². The van der Waals surface area contributed by atoms with Crippen LogP contribution in [0.2, 0.25) is 5.02 Å². The van der Waals surface area contributed by atoms with E-state index in [0.717, 1.165) is 86.3 Å². The Morgan fingerprint density at radius 3 is 2.86 bits per heavy atom. The Morgan fingerprint density at radius 1 is 1.20 bits per heavy atom. The fourth-order valence-electron chi connectivity index (χ4n) is 5.42. The lowest BCUT2D eigenvalue weighted by atomic mass is 9.79. The van der Waals surface area contributed by atoms with Gasteiger partial charge in [0.2, 0.25) is 0 Å². The molecule has 0 aliphatic carbocycles. The van der Waals surface area contributed by atoms with E-state index in [4.69, 9.17) is 16.3 Å². The van der Waals surface area contributed by atoms with Crippen molar-refractivity contribution in [2.45, 2.75) is 51.4 Å². The van der Waals surface area contributed by atoms with Crippen LogP contribution in [0.1, 0.15) is 49.0 Å². The van der Waals surface area contributed by atoms with Gasteiger partial charge in [0.25, 0.3) is 0 Å². The predicted octanol–water partition coefficient (Wildman–Crippen LogP) is 6.72. The van der Waals surface area contributed by atoms with Gasteiger partial charge in [-0.2, -0.15) is 0 Å². The highest BCUT2D eigenvalue weighted by Crippen LogP contribution is 2.33. The van der Waals surface area contributed by atoms with Crippen LogP contribution in [0.5, 0.6) is 5.75 Å². The second kappa shape index (κ2) is 12.7. The Kier molecular flexibility index (Phi) is 9.41. The van der Waals surface area contributed by atoms with Crippen molar-refractivity contribution in [1.29, 1.82) is 0 Å².